The summed E-state index contributed by atoms with van der Waals surface area (Å²) in [4.78, 5) is 14.1. The van der Waals surface area contributed by atoms with E-state index in [1.807, 2.05) is 43.3 Å². The lowest BCUT2D eigenvalue weighted by molar-refractivity contribution is 0.232. The molecule has 0 aliphatic heterocycles. The number of rotatable bonds is 7. The summed E-state index contributed by atoms with van der Waals surface area (Å²) in [5.74, 6) is 0.554. The molecule has 140 valence electrons. The Morgan fingerprint density at radius 3 is 2.42 bits per heavy atom. The van der Waals surface area contributed by atoms with Gasteiger partial charge in [-0.05, 0) is 55.9 Å². The van der Waals surface area contributed by atoms with Crippen LogP contribution in [0.4, 0.5) is 9.18 Å². The highest BCUT2D eigenvalue weighted by Crippen LogP contribution is 2.20. The van der Waals surface area contributed by atoms with Crippen LogP contribution in [0.25, 0.3) is 0 Å². The van der Waals surface area contributed by atoms with Crippen LogP contribution in [0.5, 0.6) is 5.75 Å². The van der Waals surface area contributed by atoms with Crippen molar-refractivity contribution in [3.05, 3.63) is 65.0 Å². The van der Waals surface area contributed by atoms with Gasteiger partial charge < -0.3 is 20.3 Å². The Morgan fingerprint density at radius 2 is 1.85 bits per heavy atom. The molecule has 0 saturated heterocycles. The number of hydrogen-bond donors (Lipinski definition) is 2. The van der Waals surface area contributed by atoms with Gasteiger partial charge in [0, 0.05) is 13.1 Å². The van der Waals surface area contributed by atoms with Gasteiger partial charge in [0.15, 0.2) is 0 Å². The van der Waals surface area contributed by atoms with Gasteiger partial charge in [-0.15, -0.1) is 0 Å². The minimum Gasteiger partial charge on any atom is -0.497 e. The molecule has 1 atom stereocenters. The van der Waals surface area contributed by atoms with Gasteiger partial charge in [-0.2, -0.15) is 0 Å². The van der Waals surface area contributed by atoms with E-state index in [1.54, 1.807) is 26.2 Å². The maximum Gasteiger partial charge on any atom is 0.315 e. The van der Waals surface area contributed by atoms with E-state index in [9.17, 15) is 9.18 Å². The summed E-state index contributed by atoms with van der Waals surface area (Å²) in [5, 5.41) is 5.69. The third-order valence-corrected chi connectivity index (χ3v) is 4.26. The second-order valence-corrected chi connectivity index (χ2v) is 6.40. The normalized spacial score (nSPS) is 11.9. The number of ether oxygens (including phenoxy) is 1. The standard InChI is InChI=1S/C20H26FN3O2/c1-14-11-15(5-10-18(14)21)12-22-20(25)23-13-19(24(2)3)16-6-8-17(26-4)9-7-16/h5-11,19H,12-13H2,1-4H3,(H2,22,23,25). The molecule has 0 aliphatic carbocycles. The number of halogens is 1. The summed E-state index contributed by atoms with van der Waals surface area (Å²) in [7, 11) is 5.57. The first-order valence-electron chi connectivity index (χ1n) is 8.48. The first-order valence-corrected chi connectivity index (χ1v) is 8.48. The Balaban J connectivity index is 1.89. The highest BCUT2D eigenvalue weighted by atomic mass is 19.1. The highest BCUT2D eigenvalue weighted by molar-refractivity contribution is 5.73. The summed E-state index contributed by atoms with van der Waals surface area (Å²) in [5.41, 5.74) is 2.51. The third kappa shape index (κ3) is 5.46. The number of nitrogens with one attached hydrogen (secondary N) is 2. The van der Waals surface area contributed by atoms with E-state index in [4.69, 9.17) is 4.74 Å². The van der Waals surface area contributed by atoms with Gasteiger partial charge in [0.05, 0.1) is 13.2 Å². The zero-order chi connectivity index (χ0) is 19.1. The predicted molar refractivity (Wildman–Crippen MR) is 101 cm³/mol. The van der Waals surface area contributed by atoms with Crippen molar-refractivity contribution in [2.24, 2.45) is 0 Å². The van der Waals surface area contributed by atoms with Crippen LogP contribution in [0.1, 0.15) is 22.7 Å². The fourth-order valence-corrected chi connectivity index (χ4v) is 2.68. The second kappa shape index (κ2) is 9.20. The lowest BCUT2D eigenvalue weighted by Crippen LogP contribution is -2.40. The van der Waals surface area contributed by atoms with E-state index in [0.29, 0.717) is 18.7 Å². The van der Waals surface area contributed by atoms with Gasteiger partial charge in [0.1, 0.15) is 11.6 Å². The number of amides is 2. The van der Waals surface area contributed by atoms with Crippen LogP contribution in [-0.4, -0.2) is 38.7 Å². The van der Waals surface area contributed by atoms with Crippen molar-refractivity contribution in [3.8, 4) is 5.75 Å². The van der Waals surface area contributed by atoms with Crippen molar-refractivity contribution in [3.63, 3.8) is 0 Å². The topological polar surface area (TPSA) is 53.6 Å². The summed E-state index contributed by atoms with van der Waals surface area (Å²) in [6.45, 7) is 2.52. The molecule has 26 heavy (non-hydrogen) atoms. The first-order chi connectivity index (χ1) is 12.4. The molecule has 2 aromatic rings. The molecule has 5 nitrogen and oxygen atoms in total. The lowest BCUT2D eigenvalue weighted by atomic mass is 10.1. The maximum absolute atomic E-state index is 13.3. The molecule has 6 heteroatoms. The molecule has 2 N–H and O–H groups in total. The largest absolute Gasteiger partial charge is 0.497 e. The average Bonchev–Trinajstić information content (AvgIpc) is 2.63. The monoisotopic (exact) mass is 359 g/mol. The van der Waals surface area contributed by atoms with Gasteiger partial charge in [-0.25, -0.2) is 9.18 Å². The van der Waals surface area contributed by atoms with Crippen molar-refractivity contribution in [1.82, 2.24) is 15.5 Å². The SMILES string of the molecule is COc1ccc(C(CNC(=O)NCc2ccc(F)c(C)c2)N(C)C)cc1. The van der Waals surface area contributed by atoms with Gasteiger partial charge >= 0.3 is 6.03 Å². The number of methoxy groups -OCH3 is 1. The Bertz CT molecular complexity index is 732. The van der Waals surface area contributed by atoms with E-state index in [0.717, 1.165) is 16.9 Å². The molecule has 0 fully saturated rings. The molecule has 0 radical (unpaired) electrons. The van der Waals surface area contributed by atoms with E-state index in [2.05, 4.69) is 10.6 Å². The van der Waals surface area contributed by atoms with Gasteiger partial charge in [-0.3, -0.25) is 0 Å². The van der Waals surface area contributed by atoms with Crippen LogP contribution in [0.3, 0.4) is 0 Å². The number of hydrogen-bond acceptors (Lipinski definition) is 3. The van der Waals surface area contributed by atoms with E-state index in [-0.39, 0.29) is 17.9 Å². The van der Waals surface area contributed by atoms with Crippen molar-refractivity contribution in [2.45, 2.75) is 19.5 Å². The zero-order valence-electron chi connectivity index (χ0n) is 15.7. The number of carbonyl (C=O) groups excluding carboxylic acids is 1. The molecular weight excluding hydrogens is 333 g/mol. The van der Waals surface area contributed by atoms with Crippen LogP contribution in [0, 0.1) is 12.7 Å². The van der Waals surface area contributed by atoms with Crippen LogP contribution in [-0.2, 0) is 6.54 Å². The molecule has 0 aromatic heterocycles. The maximum atomic E-state index is 13.3. The Kier molecular flexibility index (Phi) is 6.97. The molecule has 2 aromatic carbocycles. The second-order valence-electron chi connectivity index (χ2n) is 6.40. The lowest BCUT2D eigenvalue weighted by Gasteiger charge is -2.25. The van der Waals surface area contributed by atoms with E-state index >= 15 is 0 Å². The van der Waals surface area contributed by atoms with Crippen molar-refractivity contribution >= 4 is 6.03 Å². The summed E-state index contributed by atoms with van der Waals surface area (Å²) >= 11 is 0. The van der Waals surface area contributed by atoms with Gasteiger partial charge in [-0.1, -0.05) is 24.3 Å². The molecule has 0 spiro atoms. The Hall–Kier alpha value is -2.60. The molecular formula is C20H26FN3O2. The predicted octanol–water partition coefficient (Wildman–Crippen LogP) is 3.24. The van der Waals surface area contributed by atoms with Gasteiger partial charge in [0.25, 0.3) is 0 Å². The van der Waals surface area contributed by atoms with E-state index < -0.39 is 0 Å². The molecule has 2 rings (SSSR count). The highest BCUT2D eigenvalue weighted by Gasteiger charge is 2.15. The number of benzene rings is 2. The molecule has 0 heterocycles. The van der Waals surface area contributed by atoms with Crippen molar-refractivity contribution < 1.29 is 13.9 Å². The smallest absolute Gasteiger partial charge is 0.315 e. The average molecular weight is 359 g/mol. The summed E-state index contributed by atoms with van der Waals surface area (Å²) in [6, 6.07) is 12.4. The number of nitrogens with zero attached hydrogens (tertiary/aromatic N) is 1. The van der Waals surface area contributed by atoms with Crippen LogP contribution in [0.2, 0.25) is 0 Å². The Labute approximate surface area is 154 Å². The van der Waals surface area contributed by atoms with Crippen molar-refractivity contribution in [2.75, 3.05) is 27.7 Å². The number of aryl methyl sites for hydroxylation is 1. The fourth-order valence-electron chi connectivity index (χ4n) is 2.68. The first kappa shape index (κ1) is 19.7. The minimum atomic E-state index is -0.257. The van der Waals surface area contributed by atoms with Gasteiger partial charge in [0.2, 0.25) is 0 Å². The zero-order valence-corrected chi connectivity index (χ0v) is 15.7. The number of carbonyl (C=O) groups is 1. The molecule has 0 saturated carbocycles. The molecule has 1 unspecified atom stereocenters. The molecule has 2 amide bonds. The number of likely N-dealkylation sites (N-methyl/N-ethyl adjacent to an activating group) is 1. The number of urea groups is 1. The van der Waals surface area contributed by atoms with E-state index in [1.165, 1.54) is 6.07 Å². The van der Waals surface area contributed by atoms with Crippen LogP contribution in [0.15, 0.2) is 42.5 Å². The summed E-state index contributed by atoms with van der Waals surface area (Å²) < 4.78 is 18.5. The molecule has 0 bridgehead atoms. The quantitative estimate of drug-likeness (QED) is 0.798. The summed E-state index contributed by atoms with van der Waals surface area (Å²) in [6.07, 6.45) is 0. The Morgan fingerprint density at radius 1 is 1.15 bits per heavy atom. The fraction of sp³-hybridized carbons (Fsp3) is 0.350. The van der Waals surface area contributed by atoms with Crippen molar-refractivity contribution in [1.29, 1.82) is 0 Å². The van der Waals surface area contributed by atoms with Crippen LogP contribution < -0.4 is 15.4 Å². The van der Waals surface area contributed by atoms with Crippen LogP contribution >= 0.6 is 0 Å². The minimum absolute atomic E-state index is 0.0414. The third-order valence-electron chi connectivity index (χ3n) is 4.26. The molecule has 0 aliphatic rings.